The van der Waals surface area contributed by atoms with E-state index in [1.54, 1.807) is 31.5 Å². The predicted octanol–water partition coefficient (Wildman–Crippen LogP) is 1.87. The lowest BCUT2D eigenvalue weighted by Crippen LogP contribution is -2.17. The number of carbonyl (C=O) groups is 1. The first-order chi connectivity index (χ1) is 10.1. The molecule has 2 N–H and O–H groups in total. The van der Waals surface area contributed by atoms with Crippen molar-refractivity contribution in [2.75, 3.05) is 24.3 Å². The Morgan fingerprint density at radius 3 is 2.90 bits per heavy atom. The first-order valence-corrected chi connectivity index (χ1v) is 6.53. The third-order valence-electron chi connectivity index (χ3n) is 2.70. The van der Waals surface area contributed by atoms with Gasteiger partial charge in [0.1, 0.15) is 0 Å². The third-order valence-corrected chi connectivity index (χ3v) is 2.70. The van der Waals surface area contributed by atoms with Crippen LogP contribution < -0.4 is 15.4 Å². The lowest BCUT2D eigenvalue weighted by molar-refractivity contribution is 0.102. The number of nitrogens with zero attached hydrogens (tertiary/aromatic N) is 3. The Kier molecular flexibility index (Phi) is 4.65. The van der Waals surface area contributed by atoms with Gasteiger partial charge >= 0.3 is 0 Å². The van der Waals surface area contributed by atoms with Crippen LogP contribution in [0.1, 0.15) is 23.0 Å². The van der Waals surface area contributed by atoms with Gasteiger partial charge in [-0.25, -0.2) is 4.98 Å². The Morgan fingerprint density at radius 1 is 1.38 bits per heavy atom. The highest BCUT2D eigenvalue weighted by molar-refractivity contribution is 6.07. The van der Waals surface area contributed by atoms with Gasteiger partial charge in [0.25, 0.3) is 5.91 Å². The average molecular weight is 287 g/mol. The summed E-state index contributed by atoms with van der Waals surface area (Å²) in [5.41, 5.74) is 1.85. The van der Waals surface area contributed by atoms with Crippen LogP contribution in [0.25, 0.3) is 0 Å². The molecule has 0 saturated carbocycles. The number of aromatic nitrogens is 3. The Hall–Kier alpha value is -2.70. The zero-order chi connectivity index (χ0) is 15.2. The maximum absolute atomic E-state index is 12.3. The molecule has 0 aliphatic heterocycles. The van der Waals surface area contributed by atoms with E-state index in [1.807, 2.05) is 6.92 Å². The van der Waals surface area contributed by atoms with Crippen LogP contribution in [0.5, 0.6) is 5.88 Å². The van der Waals surface area contributed by atoms with Crippen molar-refractivity contribution < 1.29 is 9.53 Å². The fourth-order valence-corrected chi connectivity index (χ4v) is 1.79. The van der Waals surface area contributed by atoms with Gasteiger partial charge < -0.3 is 10.1 Å². The molecule has 0 unspecified atom stereocenters. The second kappa shape index (κ2) is 6.65. The zero-order valence-corrected chi connectivity index (χ0v) is 12.2. The molecule has 0 atom stereocenters. The van der Waals surface area contributed by atoms with E-state index in [9.17, 15) is 4.79 Å². The molecule has 0 aliphatic rings. The maximum atomic E-state index is 12.3. The summed E-state index contributed by atoms with van der Waals surface area (Å²) in [5, 5.41) is 5.75. The molecule has 1 amide bonds. The Labute approximate surface area is 122 Å². The number of methoxy groups -OCH3 is 1. The van der Waals surface area contributed by atoms with Crippen molar-refractivity contribution in [3.8, 4) is 5.88 Å². The first-order valence-electron chi connectivity index (χ1n) is 6.53. The highest BCUT2D eigenvalue weighted by atomic mass is 16.5. The van der Waals surface area contributed by atoms with E-state index in [-0.39, 0.29) is 11.9 Å². The standard InChI is InChI=1S/C14H17N5O2/c1-4-16-11-8-15-6-5-10(11)13(20)19-14-17-9(2)7-12(18-14)21-3/h5-8,16H,4H2,1-3H3,(H,17,18,19,20). The fraction of sp³-hybridized carbons (Fsp3) is 0.286. The second-order valence-corrected chi connectivity index (χ2v) is 4.28. The molecule has 2 aromatic heterocycles. The quantitative estimate of drug-likeness (QED) is 0.872. The monoisotopic (exact) mass is 287 g/mol. The number of hydrogen-bond acceptors (Lipinski definition) is 6. The molecular formula is C14H17N5O2. The summed E-state index contributed by atoms with van der Waals surface area (Å²) in [6.07, 6.45) is 3.17. The Bertz CT molecular complexity index is 645. The van der Waals surface area contributed by atoms with E-state index < -0.39 is 0 Å². The zero-order valence-electron chi connectivity index (χ0n) is 12.2. The van der Waals surface area contributed by atoms with Gasteiger partial charge in [0.15, 0.2) is 0 Å². The molecule has 2 rings (SSSR count). The van der Waals surface area contributed by atoms with Crippen molar-refractivity contribution in [1.82, 2.24) is 15.0 Å². The molecular weight excluding hydrogens is 270 g/mol. The summed E-state index contributed by atoms with van der Waals surface area (Å²) in [6.45, 7) is 4.44. The van der Waals surface area contributed by atoms with Crippen LogP contribution >= 0.6 is 0 Å². The molecule has 21 heavy (non-hydrogen) atoms. The lowest BCUT2D eigenvalue weighted by Gasteiger charge is -2.10. The van der Waals surface area contributed by atoms with E-state index in [1.165, 1.54) is 7.11 Å². The molecule has 0 spiro atoms. The highest BCUT2D eigenvalue weighted by Crippen LogP contribution is 2.16. The molecule has 7 nitrogen and oxygen atoms in total. The minimum Gasteiger partial charge on any atom is -0.481 e. The molecule has 7 heteroatoms. The van der Waals surface area contributed by atoms with Gasteiger partial charge in [0.2, 0.25) is 11.8 Å². The second-order valence-electron chi connectivity index (χ2n) is 4.28. The highest BCUT2D eigenvalue weighted by Gasteiger charge is 2.13. The number of hydrogen-bond donors (Lipinski definition) is 2. The normalized spacial score (nSPS) is 10.0. The van der Waals surface area contributed by atoms with Crippen molar-refractivity contribution in [1.29, 1.82) is 0 Å². The SMILES string of the molecule is CCNc1cnccc1C(=O)Nc1nc(C)cc(OC)n1. The van der Waals surface area contributed by atoms with Crippen molar-refractivity contribution in [3.63, 3.8) is 0 Å². The first kappa shape index (κ1) is 14.7. The fourth-order valence-electron chi connectivity index (χ4n) is 1.79. The number of rotatable bonds is 5. The number of aryl methyl sites for hydroxylation is 1. The largest absolute Gasteiger partial charge is 0.481 e. The molecule has 0 saturated heterocycles. The van der Waals surface area contributed by atoms with Gasteiger partial charge in [-0.3, -0.25) is 15.1 Å². The number of ether oxygens (including phenoxy) is 1. The molecule has 0 radical (unpaired) electrons. The van der Waals surface area contributed by atoms with Gasteiger partial charge in [0.05, 0.1) is 24.6 Å². The maximum Gasteiger partial charge on any atom is 0.260 e. The molecule has 2 aromatic rings. The van der Waals surface area contributed by atoms with E-state index in [0.717, 1.165) is 0 Å². The topological polar surface area (TPSA) is 89.0 Å². The van der Waals surface area contributed by atoms with E-state index >= 15 is 0 Å². The Morgan fingerprint density at radius 2 is 2.19 bits per heavy atom. The summed E-state index contributed by atoms with van der Waals surface area (Å²) in [7, 11) is 1.51. The Balaban J connectivity index is 2.24. The molecule has 2 heterocycles. The molecule has 110 valence electrons. The van der Waals surface area contributed by atoms with Gasteiger partial charge in [-0.1, -0.05) is 0 Å². The smallest absolute Gasteiger partial charge is 0.260 e. The van der Waals surface area contributed by atoms with Crippen LogP contribution in [0.15, 0.2) is 24.5 Å². The van der Waals surface area contributed by atoms with Gasteiger partial charge in [0, 0.05) is 24.5 Å². The summed E-state index contributed by atoms with van der Waals surface area (Å²) < 4.78 is 5.06. The van der Waals surface area contributed by atoms with Crippen LogP contribution in [0.4, 0.5) is 11.6 Å². The van der Waals surface area contributed by atoms with Gasteiger partial charge in [-0.2, -0.15) is 4.98 Å². The van der Waals surface area contributed by atoms with E-state index in [4.69, 9.17) is 4.74 Å². The van der Waals surface area contributed by atoms with Crippen LogP contribution in [-0.2, 0) is 0 Å². The number of anilines is 2. The van der Waals surface area contributed by atoms with Crippen LogP contribution in [-0.4, -0.2) is 34.5 Å². The average Bonchev–Trinajstić information content (AvgIpc) is 2.47. The minimum absolute atomic E-state index is 0.205. The van der Waals surface area contributed by atoms with Gasteiger partial charge in [-0.15, -0.1) is 0 Å². The molecule has 0 fully saturated rings. The number of amides is 1. The van der Waals surface area contributed by atoms with Crippen molar-refractivity contribution in [3.05, 3.63) is 35.8 Å². The number of nitrogens with one attached hydrogen (secondary N) is 2. The third kappa shape index (κ3) is 3.65. The van der Waals surface area contributed by atoms with E-state index in [2.05, 4.69) is 25.6 Å². The summed E-state index contributed by atoms with van der Waals surface area (Å²) >= 11 is 0. The molecule has 0 aromatic carbocycles. The van der Waals surface area contributed by atoms with Crippen LogP contribution in [0.3, 0.4) is 0 Å². The number of pyridine rings is 1. The predicted molar refractivity (Wildman–Crippen MR) is 79.7 cm³/mol. The molecule has 0 aliphatic carbocycles. The van der Waals surface area contributed by atoms with Crippen molar-refractivity contribution >= 4 is 17.5 Å². The van der Waals surface area contributed by atoms with Gasteiger partial charge in [-0.05, 0) is 19.9 Å². The number of carbonyl (C=O) groups excluding carboxylic acids is 1. The van der Waals surface area contributed by atoms with E-state index in [0.29, 0.717) is 29.4 Å². The van der Waals surface area contributed by atoms with Crippen LogP contribution in [0, 0.1) is 6.92 Å². The van der Waals surface area contributed by atoms with Crippen molar-refractivity contribution in [2.24, 2.45) is 0 Å². The summed E-state index contributed by atoms with van der Waals surface area (Å²) in [6, 6.07) is 3.33. The van der Waals surface area contributed by atoms with Crippen molar-refractivity contribution in [2.45, 2.75) is 13.8 Å². The minimum atomic E-state index is -0.305. The summed E-state index contributed by atoms with van der Waals surface area (Å²) in [4.78, 5) is 24.6. The van der Waals surface area contributed by atoms with Crippen LogP contribution in [0.2, 0.25) is 0 Å². The lowest BCUT2D eigenvalue weighted by atomic mass is 10.2. The summed E-state index contributed by atoms with van der Waals surface area (Å²) in [5.74, 6) is 0.302. The molecule has 0 bridgehead atoms.